The van der Waals surface area contributed by atoms with Crippen molar-refractivity contribution in [2.75, 3.05) is 37.5 Å². The summed E-state index contributed by atoms with van der Waals surface area (Å²) in [5, 5.41) is 0.532. The number of rotatable bonds is 4. The second-order valence-corrected chi connectivity index (χ2v) is 9.84. The van der Waals surface area contributed by atoms with Gasteiger partial charge in [-0.1, -0.05) is 11.6 Å². The highest BCUT2D eigenvalue weighted by Crippen LogP contribution is 2.52. The van der Waals surface area contributed by atoms with Gasteiger partial charge in [-0.15, -0.1) is 0 Å². The van der Waals surface area contributed by atoms with Crippen molar-refractivity contribution in [1.29, 1.82) is 0 Å². The number of hydrogen-bond donors (Lipinski definition) is 0. The van der Waals surface area contributed by atoms with Crippen molar-refractivity contribution in [2.24, 2.45) is 0 Å². The van der Waals surface area contributed by atoms with Crippen LogP contribution in [0.25, 0.3) is 11.3 Å². The highest BCUT2D eigenvalue weighted by Gasteiger charge is 2.55. The molecule has 2 aromatic heterocycles. The Balaban J connectivity index is 1.87. The molecule has 0 aromatic carbocycles. The molecule has 4 rings (SSSR count). The Hall–Kier alpha value is -1.77. The van der Waals surface area contributed by atoms with Crippen LogP contribution in [0.15, 0.2) is 18.3 Å². The van der Waals surface area contributed by atoms with Gasteiger partial charge in [0.2, 0.25) is 5.95 Å². The van der Waals surface area contributed by atoms with Crippen LogP contribution < -0.4 is 4.90 Å². The average Bonchev–Trinajstić information content (AvgIpc) is 3.44. The molecule has 0 N–H and O–H groups in total. The first kappa shape index (κ1) is 18.6. The Morgan fingerprint density at radius 1 is 1.19 bits per heavy atom. The second kappa shape index (κ2) is 6.68. The fourth-order valence-corrected chi connectivity index (χ4v) is 4.99. The summed E-state index contributed by atoms with van der Waals surface area (Å²) in [6, 6.07) is 3.52. The van der Waals surface area contributed by atoms with Gasteiger partial charge in [0.1, 0.15) is 4.75 Å². The summed E-state index contributed by atoms with van der Waals surface area (Å²) in [6.07, 6.45) is 4.10. The van der Waals surface area contributed by atoms with E-state index in [4.69, 9.17) is 16.3 Å². The zero-order chi connectivity index (χ0) is 19.2. The van der Waals surface area contributed by atoms with Gasteiger partial charge in [0.15, 0.2) is 9.84 Å². The molecule has 2 aliphatic rings. The Bertz CT molecular complexity index is 986. The fourth-order valence-electron chi connectivity index (χ4n) is 3.36. The average molecular weight is 409 g/mol. The zero-order valence-electron chi connectivity index (χ0n) is 15.3. The molecule has 3 heterocycles. The van der Waals surface area contributed by atoms with Crippen LogP contribution in [0, 0.1) is 6.92 Å². The third kappa shape index (κ3) is 3.41. The molecule has 27 heavy (non-hydrogen) atoms. The highest BCUT2D eigenvalue weighted by molar-refractivity contribution is 7.91. The van der Waals surface area contributed by atoms with Gasteiger partial charge in [0.05, 0.1) is 29.6 Å². The molecule has 0 amide bonds. The van der Waals surface area contributed by atoms with Crippen LogP contribution >= 0.6 is 11.6 Å². The molecule has 0 spiro atoms. The molecule has 0 radical (unpaired) electrons. The summed E-state index contributed by atoms with van der Waals surface area (Å²) in [5.74, 6) is 0.511. The predicted octanol–water partition coefficient (Wildman–Crippen LogP) is 2.37. The fraction of sp³-hybridized carbons (Fsp3) is 0.500. The van der Waals surface area contributed by atoms with Crippen LogP contribution in [0.3, 0.4) is 0 Å². The number of halogens is 1. The Morgan fingerprint density at radius 2 is 1.89 bits per heavy atom. The van der Waals surface area contributed by atoms with E-state index in [1.54, 1.807) is 18.3 Å². The van der Waals surface area contributed by atoms with Crippen molar-refractivity contribution < 1.29 is 13.2 Å². The number of sulfone groups is 1. The maximum Gasteiger partial charge on any atom is 0.226 e. The van der Waals surface area contributed by atoms with Gasteiger partial charge < -0.3 is 9.64 Å². The number of ether oxygens (including phenoxy) is 1. The molecule has 1 saturated heterocycles. The van der Waals surface area contributed by atoms with Crippen molar-refractivity contribution in [3.8, 4) is 11.3 Å². The van der Waals surface area contributed by atoms with Crippen LogP contribution in [0.2, 0.25) is 5.02 Å². The highest BCUT2D eigenvalue weighted by atomic mass is 35.5. The van der Waals surface area contributed by atoms with Crippen molar-refractivity contribution >= 4 is 27.4 Å². The minimum absolute atomic E-state index is 0.511. The topological polar surface area (TPSA) is 85.3 Å². The van der Waals surface area contributed by atoms with Gasteiger partial charge in [-0.05, 0) is 31.9 Å². The lowest BCUT2D eigenvalue weighted by atomic mass is 10.1. The van der Waals surface area contributed by atoms with Crippen molar-refractivity contribution in [3.63, 3.8) is 0 Å². The number of nitrogens with zero attached hydrogens (tertiary/aromatic N) is 4. The molecule has 9 heteroatoms. The number of anilines is 1. The van der Waals surface area contributed by atoms with Crippen LogP contribution in [-0.4, -0.2) is 55.9 Å². The number of aromatic nitrogens is 3. The van der Waals surface area contributed by atoms with E-state index in [0.717, 1.165) is 5.69 Å². The van der Waals surface area contributed by atoms with Crippen molar-refractivity contribution in [1.82, 2.24) is 15.0 Å². The summed E-state index contributed by atoms with van der Waals surface area (Å²) in [7, 11) is -3.29. The quantitative estimate of drug-likeness (QED) is 0.767. The van der Waals surface area contributed by atoms with E-state index in [9.17, 15) is 8.42 Å². The zero-order valence-corrected chi connectivity index (χ0v) is 16.8. The molecular formula is C18H21ClN4O3S. The standard InChI is InChI=1S/C18H21ClN4O3S/c1-12-9-14(19)13(11-20-12)15-10-16(18(3-4-18)27(2,24)25)22-17(21-15)23-5-7-26-8-6-23/h9-11H,3-8H2,1-2H3. The van der Waals surface area contributed by atoms with E-state index >= 15 is 0 Å². The van der Waals surface area contributed by atoms with Gasteiger partial charge in [-0.25, -0.2) is 18.4 Å². The monoisotopic (exact) mass is 408 g/mol. The summed E-state index contributed by atoms with van der Waals surface area (Å²) < 4.78 is 29.3. The lowest BCUT2D eigenvalue weighted by Crippen LogP contribution is -2.38. The molecule has 2 fully saturated rings. The molecule has 1 aliphatic heterocycles. The smallest absolute Gasteiger partial charge is 0.226 e. The van der Waals surface area contributed by atoms with Crippen LogP contribution in [0.4, 0.5) is 5.95 Å². The van der Waals surface area contributed by atoms with Crippen LogP contribution in [-0.2, 0) is 19.3 Å². The maximum atomic E-state index is 12.4. The summed E-state index contributed by atoms with van der Waals surface area (Å²) >= 11 is 6.42. The molecule has 0 bridgehead atoms. The SMILES string of the molecule is Cc1cc(Cl)c(-c2cc(C3(S(C)(=O)=O)CC3)nc(N3CCOCC3)n2)cn1. The van der Waals surface area contributed by atoms with Gasteiger partial charge in [0, 0.05) is 36.8 Å². The number of morpholine rings is 1. The second-order valence-electron chi connectivity index (χ2n) is 7.11. The summed E-state index contributed by atoms with van der Waals surface area (Å²) in [6.45, 7) is 4.37. The first-order valence-corrected chi connectivity index (χ1v) is 11.1. The van der Waals surface area contributed by atoms with E-state index in [-0.39, 0.29) is 0 Å². The maximum absolute atomic E-state index is 12.4. The molecule has 7 nitrogen and oxygen atoms in total. The molecule has 2 aromatic rings. The molecule has 144 valence electrons. The van der Waals surface area contributed by atoms with Crippen LogP contribution in [0.1, 0.15) is 24.2 Å². The van der Waals surface area contributed by atoms with Crippen molar-refractivity contribution in [3.05, 3.63) is 34.7 Å². The van der Waals surface area contributed by atoms with Crippen LogP contribution in [0.5, 0.6) is 0 Å². The van der Waals surface area contributed by atoms with Gasteiger partial charge in [-0.2, -0.15) is 0 Å². The largest absolute Gasteiger partial charge is 0.378 e. The number of pyridine rings is 1. The van der Waals surface area contributed by atoms with E-state index in [1.165, 1.54) is 6.26 Å². The lowest BCUT2D eigenvalue weighted by Gasteiger charge is -2.28. The molecule has 0 atom stereocenters. The van der Waals surface area contributed by atoms with E-state index in [1.807, 2.05) is 11.8 Å². The molecule has 1 aliphatic carbocycles. The Morgan fingerprint density at radius 3 is 2.48 bits per heavy atom. The normalized spacial score (nSPS) is 19.1. The summed E-state index contributed by atoms with van der Waals surface area (Å²) in [5.41, 5.74) is 2.60. The number of aryl methyl sites for hydroxylation is 1. The number of hydrogen-bond acceptors (Lipinski definition) is 7. The third-order valence-electron chi connectivity index (χ3n) is 5.16. The molecule has 1 saturated carbocycles. The lowest BCUT2D eigenvalue weighted by molar-refractivity contribution is 0.122. The predicted molar refractivity (Wildman–Crippen MR) is 104 cm³/mol. The van der Waals surface area contributed by atoms with Gasteiger partial charge >= 0.3 is 0 Å². The molecular weight excluding hydrogens is 388 g/mol. The van der Waals surface area contributed by atoms with E-state index in [0.29, 0.717) is 67.1 Å². The Kier molecular flexibility index (Phi) is 4.60. The third-order valence-corrected chi connectivity index (χ3v) is 7.50. The summed E-state index contributed by atoms with van der Waals surface area (Å²) in [4.78, 5) is 15.7. The first-order chi connectivity index (χ1) is 12.8. The Labute approximate surface area is 163 Å². The minimum Gasteiger partial charge on any atom is -0.378 e. The first-order valence-electron chi connectivity index (χ1n) is 8.84. The molecule has 0 unspecified atom stereocenters. The van der Waals surface area contributed by atoms with Crippen molar-refractivity contribution in [2.45, 2.75) is 24.5 Å². The minimum atomic E-state index is -3.29. The van der Waals surface area contributed by atoms with E-state index in [2.05, 4.69) is 15.0 Å². The van der Waals surface area contributed by atoms with E-state index < -0.39 is 14.6 Å². The van der Waals surface area contributed by atoms with Gasteiger partial charge in [0.25, 0.3) is 0 Å². The van der Waals surface area contributed by atoms with Gasteiger partial charge in [-0.3, -0.25) is 4.98 Å².